The maximum Gasteiger partial charge on any atom is 0.319 e. The predicted octanol–water partition coefficient (Wildman–Crippen LogP) is 5.09. The minimum absolute atomic E-state index is 0.00926. The van der Waals surface area contributed by atoms with E-state index in [0.717, 1.165) is 62.6 Å². The lowest BCUT2D eigenvalue weighted by Crippen LogP contribution is -2.46. The van der Waals surface area contributed by atoms with Crippen LogP contribution in [-0.2, 0) is 6.54 Å². The van der Waals surface area contributed by atoms with Gasteiger partial charge in [0.1, 0.15) is 5.75 Å². The molecule has 3 rings (SSSR count). The van der Waals surface area contributed by atoms with Crippen LogP contribution in [0.2, 0.25) is 10.0 Å². The predicted molar refractivity (Wildman–Crippen MR) is 137 cm³/mol. The van der Waals surface area contributed by atoms with Crippen LogP contribution in [0.1, 0.15) is 18.4 Å². The van der Waals surface area contributed by atoms with E-state index in [2.05, 4.69) is 9.80 Å². The van der Waals surface area contributed by atoms with Crippen LogP contribution in [0, 0.1) is 0 Å². The summed E-state index contributed by atoms with van der Waals surface area (Å²) in [5.74, 6) is 0.868. The molecule has 8 heteroatoms. The van der Waals surface area contributed by atoms with Crippen LogP contribution in [0.25, 0.3) is 0 Å². The number of nitrogens with zero attached hydrogens (tertiary/aromatic N) is 4. The van der Waals surface area contributed by atoms with Gasteiger partial charge in [0, 0.05) is 53.9 Å². The molecule has 6 nitrogen and oxygen atoms in total. The molecule has 0 bridgehead atoms. The highest BCUT2D eigenvalue weighted by Crippen LogP contribution is 2.32. The molecule has 0 N–H and O–H groups in total. The van der Waals surface area contributed by atoms with Gasteiger partial charge in [-0.1, -0.05) is 41.4 Å². The normalized spacial score (nSPS) is 14.3. The third kappa shape index (κ3) is 7.42. The van der Waals surface area contributed by atoms with Gasteiger partial charge in [-0.05, 0) is 49.2 Å². The first-order valence-corrected chi connectivity index (χ1v) is 12.2. The highest BCUT2D eigenvalue weighted by Gasteiger charge is 2.19. The van der Waals surface area contributed by atoms with Crippen molar-refractivity contribution in [3.8, 4) is 5.75 Å². The van der Waals surface area contributed by atoms with E-state index in [1.165, 1.54) is 0 Å². The minimum Gasteiger partial charge on any atom is -0.494 e. The van der Waals surface area contributed by atoms with E-state index in [4.69, 9.17) is 27.9 Å². The minimum atomic E-state index is -0.00926. The number of hydrogen-bond donors (Lipinski definition) is 0. The number of unbranched alkanes of at least 4 members (excludes halogenated alkanes) is 1. The molecule has 0 atom stereocenters. The van der Waals surface area contributed by atoms with E-state index in [-0.39, 0.29) is 6.03 Å². The number of benzene rings is 2. The summed E-state index contributed by atoms with van der Waals surface area (Å²) >= 11 is 12.5. The van der Waals surface area contributed by atoms with Crippen molar-refractivity contribution in [3.63, 3.8) is 0 Å². The summed E-state index contributed by atoms with van der Waals surface area (Å²) in [7, 11) is 5.32. The van der Waals surface area contributed by atoms with Gasteiger partial charge >= 0.3 is 6.03 Å². The Morgan fingerprint density at radius 3 is 2.33 bits per heavy atom. The molecule has 0 unspecified atom stereocenters. The maximum absolute atomic E-state index is 11.9. The lowest BCUT2D eigenvalue weighted by molar-refractivity contribution is 0.180. The second kappa shape index (κ2) is 12.4. The third-order valence-electron chi connectivity index (χ3n) is 5.83. The van der Waals surface area contributed by atoms with Crippen LogP contribution in [0.4, 0.5) is 10.5 Å². The van der Waals surface area contributed by atoms with Crippen molar-refractivity contribution in [2.24, 2.45) is 0 Å². The smallest absolute Gasteiger partial charge is 0.319 e. The van der Waals surface area contributed by atoms with Gasteiger partial charge in [0.2, 0.25) is 0 Å². The quantitative estimate of drug-likeness (QED) is 0.457. The number of anilines is 1. The number of ether oxygens (including phenoxy) is 1. The van der Waals surface area contributed by atoms with Gasteiger partial charge in [0.15, 0.2) is 0 Å². The number of rotatable bonds is 9. The highest BCUT2D eigenvalue weighted by molar-refractivity contribution is 6.43. The van der Waals surface area contributed by atoms with Gasteiger partial charge in [0.25, 0.3) is 0 Å². The van der Waals surface area contributed by atoms with Crippen molar-refractivity contribution < 1.29 is 9.53 Å². The van der Waals surface area contributed by atoms with Crippen LogP contribution in [0.5, 0.6) is 5.75 Å². The average molecular weight is 493 g/mol. The number of hydrogen-bond acceptors (Lipinski definition) is 4. The monoisotopic (exact) mass is 492 g/mol. The lowest BCUT2D eigenvalue weighted by Gasteiger charge is -2.36. The Labute approximate surface area is 207 Å². The molecule has 1 aliphatic rings. The molecule has 33 heavy (non-hydrogen) atoms. The Bertz CT molecular complexity index is 900. The van der Waals surface area contributed by atoms with Gasteiger partial charge in [-0.15, -0.1) is 0 Å². The summed E-state index contributed by atoms with van der Waals surface area (Å²) in [6.45, 7) is 6.32. The van der Waals surface area contributed by atoms with Crippen LogP contribution in [0.15, 0.2) is 42.5 Å². The van der Waals surface area contributed by atoms with E-state index in [9.17, 15) is 4.79 Å². The zero-order valence-electron chi connectivity index (χ0n) is 19.8. The first kappa shape index (κ1) is 25.5. The van der Waals surface area contributed by atoms with E-state index >= 15 is 0 Å². The van der Waals surface area contributed by atoms with E-state index in [1.54, 1.807) is 30.9 Å². The average Bonchev–Trinajstić information content (AvgIpc) is 2.81. The SMILES string of the molecule is CN(C)C(=O)N(C)Cc1ccc(OCCCCN2CCN(c3cccc(Cl)c3Cl)CC2)cc1. The Kier molecular flexibility index (Phi) is 9.53. The molecule has 1 aliphatic heterocycles. The van der Waals surface area contributed by atoms with Gasteiger partial charge in [-0.25, -0.2) is 4.79 Å². The largest absolute Gasteiger partial charge is 0.494 e. The van der Waals surface area contributed by atoms with Crippen LogP contribution in [-0.4, -0.2) is 81.2 Å². The summed E-state index contributed by atoms with van der Waals surface area (Å²) in [6, 6.07) is 13.8. The van der Waals surface area contributed by atoms with Crippen molar-refractivity contribution >= 4 is 34.9 Å². The van der Waals surface area contributed by atoms with Crippen molar-refractivity contribution in [1.82, 2.24) is 14.7 Å². The van der Waals surface area contributed by atoms with E-state index in [1.807, 2.05) is 42.5 Å². The van der Waals surface area contributed by atoms with Crippen LogP contribution >= 0.6 is 23.2 Å². The number of amides is 2. The number of carbonyl (C=O) groups is 1. The molecule has 180 valence electrons. The molecule has 1 saturated heterocycles. The molecule has 2 amide bonds. The summed E-state index contributed by atoms with van der Waals surface area (Å²) in [6.07, 6.45) is 2.12. The molecule has 0 aromatic heterocycles. The van der Waals surface area contributed by atoms with Crippen molar-refractivity contribution in [2.75, 3.05) is 65.4 Å². The molecule has 0 aliphatic carbocycles. The van der Waals surface area contributed by atoms with Gasteiger partial charge in [-0.3, -0.25) is 4.90 Å². The number of urea groups is 1. The number of carbonyl (C=O) groups excluding carboxylic acids is 1. The van der Waals surface area contributed by atoms with Gasteiger partial charge < -0.3 is 19.4 Å². The summed E-state index contributed by atoms with van der Waals surface area (Å²) in [5, 5.41) is 1.25. The first-order valence-electron chi connectivity index (χ1n) is 11.4. The molecule has 1 heterocycles. The number of halogens is 2. The fourth-order valence-electron chi connectivity index (χ4n) is 3.95. The second-order valence-corrected chi connectivity index (χ2v) is 9.42. The Morgan fingerprint density at radius 1 is 0.970 bits per heavy atom. The van der Waals surface area contributed by atoms with E-state index < -0.39 is 0 Å². The summed E-state index contributed by atoms with van der Waals surface area (Å²) in [4.78, 5) is 20.0. The maximum atomic E-state index is 11.9. The zero-order valence-corrected chi connectivity index (χ0v) is 21.3. The molecule has 0 spiro atoms. The first-order chi connectivity index (χ1) is 15.8. The highest BCUT2D eigenvalue weighted by atomic mass is 35.5. The number of piperazine rings is 1. The molecule has 0 radical (unpaired) electrons. The Hall–Kier alpha value is -2.15. The van der Waals surface area contributed by atoms with Crippen molar-refractivity contribution in [1.29, 1.82) is 0 Å². The molecule has 2 aromatic rings. The second-order valence-electron chi connectivity index (χ2n) is 8.63. The molecule has 0 saturated carbocycles. The fraction of sp³-hybridized carbons (Fsp3) is 0.480. The van der Waals surface area contributed by atoms with Crippen molar-refractivity contribution in [2.45, 2.75) is 19.4 Å². The fourth-order valence-corrected chi connectivity index (χ4v) is 4.37. The van der Waals surface area contributed by atoms with Crippen LogP contribution < -0.4 is 9.64 Å². The van der Waals surface area contributed by atoms with Crippen LogP contribution in [0.3, 0.4) is 0 Å². The zero-order chi connectivity index (χ0) is 23.8. The molecular formula is C25H34Cl2N4O2. The third-order valence-corrected chi connectivity index (χ3v) is 6.64. The standard InChI is InChI=1S/C25H34Cl2N4O2/c1-28(2)25(32)29(3)19-20-9-11-21(12-10-20)33-18-5-4-13-30-14-16-31(17-15-30)23-8-6-7-22(26)24(23)27/h6-12H,4-5,13-19H2,1-3H3. The molecular weight excluding hydrogens is 459 g/mol. The van der Waals surface area contributed by atoms with Gasteiger partial charge in [-0.2, -0.15) is 0 Å². The lowest BCUT2D eigenvalue weighted by atomic mass is 10.2. The molecule has 2 aromatic carbocycles. The van der Waals surface area contributed by atoms with E-state index in [0.29, 0.717) is 23.2 Å². The van der Waals surface area contributed by atoms with Crippen molar-refractivity contribution in [3.05, 3.63) is 58.1 Å². The summed E-state index contributed by atoms with van der Waals surface area (Å²) in [5.41, 5.74) is 2.11. The molecule has 1 fully saturated rings. The van der Waals surface area contributed by atoms with Gasteiger partial charge in [0.05, 0.1) is 22.3 Å². The topological polar surface area (TPSA) is 39.3 Å². The Morgan fingerprint density at radius 2 is 1.67 bits per heavy atom. The Balaban J connectivity index is 1.31. The summed E-state index contributed by atoms with van der Waals surface area (Å²) < 4.78 is 5.90.